The van der Waals surface area contributed by atoms with Crippen LogP contribution in [0.25, 0.3) is 33.6 Å². The van der Waals surface area contributed by atoms with Gasteiger partial charge in [-0.15, -0.1) is 0 Å². The van der Waals surface area contributed by atoms with E-state index in [4.69, 9.17) is 14.5 Å². The zero-order chi connectivity index (χ0) is 17.8. The van der Waals surface area contributed by atoms with Gasteiger partial charge in [-0.25, -0.2) is 14.8 Å². The molecule has 0 atom stereocenters. The molecule has 4 heterocycles. The standard InChI is InChI=1S/C18H13BrN4O3/c1-25-18(24)10-7-11-15-13(8-10)26-5-4-23(15)17(21-11)12-6-9-2-3-14(19)22-16(9)20-12/h2-3,6-8H,4-5H2,1H3,(H,20,22). The predicted octanol–water partition coefficient (Wildman–Crippen LogP) is 3.52. The lowest BCUT2D eigenvalue weighted by molar-refractivity contribution is 0.0600. The summed E-state index contributed by atoms with van der Waals surface area (Å²) in [6.07, 6.45) is 0. The highest BCUT2D eigenvalue weighted by molar-refractivity contribution is 9.10. The summed E-state index contributed by atoms with van der Waals surface area (Å²) in [5.74, 6) is 1.03. The molecule has 130 valence electrons. The van der Waals surface area contributed by atoms with E-state index < -0.39 is 5.97 Å². The molecule has 0 saturated carbocycles. The maximum absolute atomic E-state index is 11.9. The fraction of sp³-hybridized carbons (Fsp3) is 0.167. The number of fused-ring (bicyclic) bond motifs is 1. The van der Waals surface area contributed by atoms with Gasteiger partial charge in [-0.05, 0) is 46.3 Å². The van der Waals surface area contributed by atoms with Crippen molar-refractivity contribution in [2.75, 3.05) is 13.7 Å². The molecule has 7 nitrogen and oxygen atoms in total. The number of hydrogen-bond donors (Lipinski definition) is 1. The number of pyridine rings is 1. The van der Waals surface area contributed by atoms with Crippen LogP contribution in [0.5, 0.6) is 5.75 Å². The smallest absolute Gasteiger partial charge is 0.338 e. The number of aromatic amines is 1. The van der Waals surface area contributed by atoms with Gasteiger partial charge in [0, 0.05) is 5.39 Å². The molecular formula is C18H13BrN4O3. The molecule has 3 aromatic heterocycles. The molecule has 0 spiro atoms. The van der Waals surface area contributed by atoms with Gasteiger partial charge in [-0.1, -0.05) is 0 Å². The van der Waals surface area contributed by atoms with Crippen LogP contribution < -0.4 is 4.74 Å². The van der Waals surface area contributed by atoms with Crippen molar-refractivity contribution >= 4 is 44.0 Å². The Kier molecular flexibility index (Phi) is 3.30. The van der Waals surface area contributed by atoms with Crippen LogP contribution in [0.4, 0.5) is 0 Å². The molecule has 1 aliphatic heterocycles. The second-order valence-corrected chi connectivity index (χ2v) is 6.84. The van der Waals surface area contributed by atoms with Crippen molar-refractivity contribution in [1.29, 1.82) is 0 Å². The fourth-order valence-corrected chi connectivity index (χ4v) is 3.66. The lowest BCUT2D eigenvalue weighted by atomic mass is 10.1. The summed E-state index contributed by atoms with van der Waals surface area (Å²) in [5.41, 5.74) is 3.67. The van der Waals surface area contributed by atoms with Gasteiger partial charge in [0.15, 0.2) is 5.82 Å². The van der Waals surface area contributed by atoms with E-state index in [1.54, 1.807) is 12.1 Å². The Morgan fingerprint density at radius 2 is 2.19 bits per heavy atom. The van der Waals surface area contributed by atoms with Crippen LogP contribution in [0.3, 0.4) is 0 Å². The number of aromatic nitrogens is 4. The van der Waals surface area contributed by atoms with Crippen molar-refractivity contribution in [3.63, 3.8) is 0 Å². The van der Waals surface area contributed by atoms with E-state index in [0.29, 0.717) is 30.0 Å². The lowest BCUT2D eigenvalue weighted by Crippen LogP contribution is -2.15. The van der Waals surface area contributed by atoms with Crippen LogP contribution in [0.2, 0.25) is 0 Å². The van der Waals surface area contributed by atoms with Gasteiger partial charge in [0.1, 0.15) is 28.1 Å². The van der Waals surface area contributed by atoms with Crippen molar-refractivity contribution in [3.8, 4) is 17.3 Å². The molecule has 8 heteroatoms. The number of carbonyl (C=O) groups is 1. The van der Waals surface area contributed by atoms with Crippen LogP contribution in [0, 0.1) is 0 Å². The summed E-state index contributed by atoms with van der Waals surface area (Å²) in [5, 5.41) is 1.01. The molecule has 0 amide bonds. The quantitative estimate of drug-likeness (QED) is 0.402. The number of hydrogen-bond acceptors (Lipinski definition) is 5. The van der Waals surface area contributed by atoms with Crippen molar-refractivity contribution in [1.82, 2.24) is 19.5 Å². The molecule has 0 radical (unpaired) electrons. The van der Waals surface area contributed by atoms with Crippen LogP contribution >= 0.6 is 15.9 Å². The monoisotopic (exact) mass is 412 g/mol. The van der Waals surface area contributed by atoms with Crippen molar-refractivity contribution in [2.24, 2.45) is 0 Å². The molecule has 5 rings (SSSR count). The van der Waals surface area contributed by atoms with E-state index in [1.165, 1.54) is 7.11 Å². The topological polar surface area (TPSA) is 82.0 Å². The first-order valence-electron chi connectivity index (χ1n) is 8.05. The Labute approximate surface area is 156 Å². The molecule has 0 saturated heterocycles. The Balaban J connectivity index is 1.75. The van der Waals surface area contributed by atoms with E-state index in [0.717, 1.165) is 32.7 Å². The summed E-state index contributed by atoms with van der Waals surface area (Å²) in [4.78, 5) is 24.5. The number of rotatable bonds is 2. The third kappa shape index (κ3) is 2.22. The number of esters is 1. The number of nitrogens with one attached hydrogen (secondary N) is 1. The number of methoxy groups -OCH3 is 1. The maximum Gasteiger partial charge on any atom is 0.338 e. The fourth-order valence-electron chi connectivity index (χ4n) is 3.35. The summed E-state index contributed by atoms with van der Waals surface area (Å²) in [7, 11) is 1.36. The molecule has 1 N–H and O–H groups in total. The second-order valence-electron chi connectivity index (χ2n) is 6.02. The van der Waals surface area contributed by atoms with Gasteiger partial charge >= 0.3 is 5.97 Å². The van der Waals surface area contributed by atoms with E-state index in [2.05, 4.69) is 30.5 Å². The van der Waals surface area contributed by atoms with Crippen molar-refractivity contribution in [2.45, 2.75) is 6.54 Å². The van der Waals surface area contributed by atoms with Gasteiger partial charge < -0.3 is 19.0 Å². The summed E-state index contributed by atoms with van der Waals surface area (Å²) >= 11 is 3.39. The van der Waals surface area contributed by atoms with Gasteiger partial charge in [0.05, 0.1) is 30.4 Å². The van der Waals surface area contributed by atoms with Crippen LogP contribution in [0.1, 0.15) is 10.4 Å². The number of H-pyrrole nitrogens is 1. The first-order chi connectivity index (χ1) is 12.6. The Morgan fingerprint density at radius 1 is 1.31 bits per heavy atom. The minimum Gasteiger partial charge on any atom is -0.489 e. The SMILES string of the molecule is COC(=O)c1cc2c3c(c1)nc(-c1cc4ccc(Br)nc4[nH]1)n3CCO2. The molecule has 0 bridgehead atoms. The molecule has 1 aromatic carbocycles. The largest absolute Gasteiger partial charge is 0.489 e. The van der Waals surface area contributed by atoms with Crippen molar-refractivity contribution in [3.05, 3.63) is 40.5 Å². The first kappa shape index (κ1) is 15.4. The van der Waals surface area contributed by atoms with E-state index in [-0.39, 0.29) is 0 Å². The van der Waals surface area contributed by atoms with E-state index in [1.807, 2.05) is 18.2 Å². The number of benzene rings is 1. The molecule has 1 aliphatic rings. The number of halogens is 1. The second kappa shape index (κ2) is 5.57. The molecule has 0 fully saturated rings. The minimum atomic E-state index is -0.409. The third-order valence-electron chi connectivity index (χ3n) is 4.49. The molecule has 26 heavy (non-hydrogen) atoms. The Hall–Kier alpha value is -2.87. The molecule has 0 aliphatic carbocycles. The van der Waals surface area contributed by atoms with E-state index >= 15 is 0 Å². The Bertz CT molecular complexity index is 1190. The van der Waals surface area contributed by atoms with Gasteiger partial charge in [0.25, 0.3) is 0 Å². The normalized spacial score (nSPS) is 13.2. The third-order valence-corrected chi connectivity index (χ3v) is 4.93. The lowest BCUT2D eigenvalue weighted by Gasteiger charge is -2.18. The molecular weight excluding hydrogens is 400 g/mol. The number of ether oxygens (including phenoxy) is 2. The maximum atomic E-state index is 11.9. The average Bonchev–Trinajstić information content (AvgIpc) is 3.23. The van der Waals surface area contributed by atoms with Crippen LogP contribution in [-0.2, 0) is 11.3 Å². The number of nitrogens with zero attached hydrogens (tertiary/aromatic N) is 3. The highest BCUT2D eigenvalue weighted by atomic mass is 79.9. The zero-order valence-electron chi connectivity index (χ0n) is 13.7. The van der Waals surface area contributed by atoms with Crippen molar-refractivity contribution < 1.29 is 14.3 Å². The predicted molar refractivity (Wildman–Crippen MR) is 99.4 cm³/mol. The summed E-state index contributed by atoms with van der Waals surface area (Å²) in [6.45, 7) is 1.20. The van der Waals surface area contributed by atoms with Gasteiger partial charge in [0.2, 0.25) is 0 Å². The first-order valence-corrected chi connectivity index (χ1v) is 8.84. The molecule has 0 unspecified atom stereocenters. The number of imidazole rings is 1. The summed E-state index contributed by atoms with van der Waals surface area (Å²) in [6, 6.07) is 9.36. The highest BCUT2D eigenvalue weighted by Gasteiger charge is 2.23. The van der Waals surface area contributed by atoms with Crippen LogP contribution in [-0.4, -0.2) is 39.2 Å². The van der Waals surface area contributed by atoms with Gasteiger partial charge in [-0.3, -0.25) is 0 Å². The van der Waals surface area contributed by atoms with Crippen LogP contribution in [0.15, 0.2) is 34.9 Å². The van der Waals surface area contributed by atoms with E-state index in [9.17, 15) is 4.79 Å². The molecule has 4 aromatic rings. The minimum absolute atomic E-state index is 0.409. The summed E-state index contributed by atoms with van der Waals surface area (Å²) < 4.78 is 13.5. The Morgan fingerprint density at radius 3 is 3.04 bits per heavy atom. The average molecular weight is 413 g/mol. The highest BCUT2D eigenvalue weighted by Crippen LogP contribution is 2.35. The van der Waals surface area contributed by atoms with Gasteiger partial charge in [-0.2, -0.15) is 0 Å². The number of carbonyl (C=O) groups excluding carboxylic acids is 1. The zero-order valence-corrected chi connectivity index (χ0v) is 15.3.